The molecule has 1 atom stereocenters. The lowest BCUT2D eigenvalue weighted by Crippen LogP contribution is -2.03. The maximum atomic E-state index is 10.9. The van der Waals surface area contributed by atoms with Gasteiger partial charge in [0.2, 0.25) is 0 Å². The normalized spacial score (nSPS) is 12.0. The highest BCUT2D eigenvalue weighted by Crippen LogP contribution is 2.30. The summed E-state index contributed by atoms with van der Waals surface area (Å²) >= 11 is 0. The molecule has 0 amide bonds. The number of Topliss-reactive ketones (excluding diaryl/α,β-unsaturated/α-hetero) is 1. The maximum Gasteiger partial charge on any atom is 0.161 e. The molecule has 0 saturated heterocycles. The van der Waals surface area contributed by atoms with Crippen LogP contribution in [0.1, 0.15) is 25.0 Å². The standard InChI is InChI=1S/C12H16O4/c1-8(13)6-10(14)9-4-5-11(15-2)12(7-9)16-3/h4-5,7,10,14H,6H2,1-3H3. The topological polar surface area (TPSA) is 55.8 Å². The molecule has 0 aliphatic heterocycles. The number of benzene rings is 1. The van der Waals surface area contributed by atoms with E-state index in [0.29, 0.717) is 17.1 Å². The van der Waals surface area contributed by atoms with Crippen molar-refractivity contribution in [1.82, 2.24) is 0 Å². The first-order chi connectivity index (χ1) is 7.58. The fourth-order valence-electron chi connectivity index (χ4n) is 1.45. The van der Waals surface area contributed by atoms with Crippen molar-refractivity contribution in [3.05, 3.63) is 23.8 Å². The van der Waals surface area contributed by atoms with Gasteiger partial charge in [0.05, 0.1) is 20.3 Å². The molecule has 0 aliphatic rings. The molecular formula is C12H16O4. The predicted octanol–water partition coefficient (Wildman–Crippen LogP) is 1.72. The maximum absolute atomic E-state index is 10.9. The monoisotopic (exact) mass is 224 g/mol. The molecule has 0 fully saturated rings. The van der Waals surface area contributed by atoms with E-state index in [1.807, 2.05) is 0 Å². The summed E-state index contributed by atoms with van der Waals surface area (Å²) in [5.74, 6) is 1.09. The van der Waals surface area contributed by atoms with E-state index in [0.717, 1.165) is 0 Å². The van der Waals surface area contributed by atoms with Gasteiger partial charge in [-0.2, -0.15) is 0 Å². The summed E-state index contributed by atoms with van der Waals surface area (Å²) in [7, 11) is 3.07. The van der Waals surface area contributed by atoms with Crippen LogP contribution in [0, 0.1) is 0 Å². The van der Waals surface area contributed by atoms with Gasteiger partial charge >= 0.3 is 0 Å². The Morgan fingerprint density at radius 1 is 1.31 bits per heavy atom. The smallest absolute Gasteiger partial charge is 0.161 e. The van der Waals surface area contributed by atoms with Gasteiger partial charge in [-0.05, 0) is 24.6 Å². The molecule has 1 aromatic carbocycles. The molecule has 0 saturated carbocycles. The molecule has 0 aromatic heterocycles. The molecule has 4 nitrogen and oxygen atoms in total. The molecule has 0 radical (unpaired) electrons. The quantitative estimate of drug-likeness (QED) is 0.827. The van der Waals surface area contributed by atoms with Crippen molar-refractivity contribution < 1.29 is 19.4 Å². The zero-order valence-corrected chi connectivity index (χ0v) is 9.69. The second-order valence-electron chi connectivity index (χ2n) is 3.54. The molecule has 0 heterocycles. The third-order valence-corrected chi connectivity index (χ3v) is 2.27. The van der Waals surface area contributed by atoms with Gasteiger partial charge in [0.25, 0.3) is 0 Å². The van der Waals surface area contributed by atoms with Crippen molar-refractivity contribution in [2.24, 2.45) is 0 Å². The van der Waals surface area contributed by atoms with Gasteiger partial charge in [-0.3, -0.25) is 4.79 Å². The van der Waals surface area contributed by atoms with Crippen LogP contribution in [0.25, 0.3) is 0 Å². The Hall–Kier alpha value is -1.55. The summed E-state index contributed by atoms with van der Waals surface area (Å²) in [6, 6.07) is 5.10. The number of aliphatic hydroxyl groups excluding tert-OH is 1. The number of methoxy groups -OCH3 is 2. The molecular weight excluding hydrogens is 208 g/mol. The molecule has 1 rings (SSSR count). The van der Waals surface area contributed by atoms with Crippen LogP contribution in [0.15, 0.2) is 18.2 Å². The van der Waals surface area contributed by atoms with Crippen LogP contribution in [-0.4, -0.2) is 25.1 Å². The summed E-state index contributed by atoms with van der Waals surface area (Å²) in [5, 5.41) is 9.76. The molecule has 88 valence electrons. The largest absolute Gasteiger partial charge is 0.493 e. The number of ketones is 1. The number of ether oxygens (including phenoxy) is 2. The van der Waals surface area contributed by atoms with E-state index in [1.54, 1.807) is 25.3 Å². The lowest BCUT2D eigenvalue weighted by molar-refractivity contribution is -0.118. The second kappa shape index (κ2) is 5.51. The lowest BCUT2D eigenvalue weighted by Gasteiger charge is -2.12. The summed E-state index contributed by atoms with van der Waals surface area (Å²) < 4.78 is 10.2. The van der Waals surface area contributed by atoms with Crippen LogP contribution < -0.4 is 9.47 Å². The fraction of sp³-hybridized carbons (Fsp3) is 0.417. The molecule has 1 N–H and O–H groups in total. The Bertz CT molecular complexity index is 373. The van der Waals surface area contributed by atoms with Crippen molar-refractivity contribution in [3.8, 4) is 11.5 Å². The average molecular weight is 224 g/mol. The average Bonchev–Trinajstić information content (AvgIpc) is 2.27. The van der Waals surface area contributed by atoms with Gasteiger partial charge < -0.3 is 14.6 Å². The Morgan fingerprint density at radius 3 is 2.44 bits per heavy atom. The van der Waals surface area contributed by atoms with E-state index in [2.05, 4.69) is 0 Å². The number of rotatable bonds is 5. The van der Waals surface area contributed by atoms with E-state index in [-0.39, 0.29) is 12.2 Å². The fourth-order valence-corrected chi connectivity index (χ4v) is 1.45. The third-order valence-electron chi connectivity index (χ3n) is 2.27. The summed E-state index contributed by atoms with van der Waals surface area (Å²) in [5.41, 5.74) is 0.646. The van der Waals surface area contributed by atoms with Crippen molar-refractivity contribution in [3.63, 3.8) is 0 Å². The molecule has 0 bridgehead atoms. The molecule has 1 aromatic rings. The number of hydrogen-bond donors (Lipinski definition) is 1. The molecule has 0 aliphatic carbocycles. The van der Waals surface area contributed by atoms with Crippen LogP contribution in [0.5, 0.6) is 11.5 Å². The van der Waals surface area contributed by atoms with Crippen molar-refractivity contribution in [2.45, 2.75) is 19.4 Å². The first kappa shape index (κ1) is 12.5. The number of carbonyl (C=O) groups is 1. The lowest BCUT2D eigenvalue weighted by atomic mass is 10.0. The Labute approximate surface area is 94.8 Å². The Kier molecular flexibility index (Phi) is 4.31. The van der Waals surface area contributed by atoms with Crippen LogP contribution in [0.2, 0.25) is 0 Å². The van der Waals surface area contributed by atoms with Crippen molar-refractivity contribution in [2.75, 3.05) is 14.2 Å². The molecule has 4 heteroatoms. The van der Waals surface area contributed by atoms with E-state index in [4.69, 9.17) is 9.47 Å². The van der Waals surface area contributed by atoms with Crippen LogP contribution in [0.4, 0.5) is 0 Å². The third kappa shape index (κ3) is 2.97. The second-order valence-corrected chi connectivity index (χ2v) is 3.54. The first-order valence-corrected chi connectivity index (χ1v) is 4.98. The van der Waals surface area contributed by atoms with E-state index in [9.17, 15) is 9.90 Å². The highest BCUT2D eigenvalue weighted by molar-refractivity contribution is 5.76. The van der Waals surface area contributed by atoms with Crippen molar-refractivity contribution >= 4 is 5.78 Å². The minimum Gasteiger partial charge on any atom is -0.493 e. The van der Waals surface area contributed by atoms with Gasteiger partial charge in [-0.1, -0.05) is 6.07 Å². The van der Waals surface area contributed by atoms with Gasteiger partial charge in [-0.15, -0.1) is 0 Å². The minimum atomic E-state index is -0.794. The number of carbonyl (C=O) groups excluding carboxylic acids is 1. The van der Waals surface area contributed by atoms with Crippen LogP contribution >= 0.6 is 0 Å². The van der Waals surface area contributed by atoms with Crippen LogP contribution in [-0.2, 0) is 4.79 Å². The molecule has 1 unspecified atom stereocenters. The summed E-state index contributed by atoms with van der Waals surface area (Å²) in [4.78, 5) is 10.9. The van der Waals surface area contributed by atoms with E-state index >= 15 is 0 Å². The Morgan fingerprint density at radius 2 is 1.94 bits per heavy atom. The van der Waals surface area contributed by atoms with Gasteiger partial charge in [0.1, 0.15) is 5.78 Å². The first-order valence-electron chi connectivity index (χ1n) is 4.98. The highest BCUT2D eigenvalue weighted by Gasteiger charge is 2.13. The van der Waals surface area contributed by atoms with Gasteiger partial charge in [0.15, 0.2) is 11.5 Å². The van der Waals surface area contributed by atoms with E-state index < -0.39 is 6.10 Å². The van der Waals surface area contributed by atoms with Crippen molar-refractivity contribution in [1.29, 1.82) is 0 Å². The van der Waals surface area contributed by atoms with Crippen LogP contribution in [0.3, 0.4) is 0 Å². The zero-order chi connectivity index (χ0) is 12.1. The minimum absolute atomic E-state index is 0.0534. The SMILES string of the molecule is COc1ccc(C(O)CC(C)=O)cc1OC. The zero-order valence-electron chi connectivity index (χ0n) is 9.69. The Balaban J connectivity index is 2.93. The summed E-state index contributed by atoms with van der Waals surface area (Å²) in [6.07, 6.45) is -0.688. The number of hydrogen-bond acceptors (Lipinski definition) is 4. The highest BCUT2D eigenvalue weighted by atomic mass is 16.5. The van der Waals surface area contributed by atoms with E-state index in [1.165, 1.54) is 14.0 Å². The van der Waals surface area contributed by atoms with Gasteiger partial charge in [-0.25, -0.2) is 0 Å². The summed E-state index contributed by atoms with van der Waals surface area (Å²) in [6.45, 7) is 1.45. The predicted molar refractivity (Wildman–Crippen MR) is 59.8 cm³/mol. The number of aliphatic hydroxyl groups is 1. The molecule has 16 heavy (non-hydrogen) atoms. The van der Waals surface area contributed by atoms with Gasteiger partial charge in [0, 0.05) is 6.42 Å². The molecule has 0 spiro atoms.